The first-order valence-corrected chi connectivity index (χ1v) is 11.9. The molecule has 0 heterocycles. The van der Waals surface area contributed by atoms with Crippen LogP contribution in [0, 0.1) is 5.92 Å². The second-order valence-corrected chi connectivity index (χ2v) is 8.05. The molecule has 0 aliphatic rings. The Balaban J connectivity index is 0. The Bertz CT molecular complexity index is 681. The molecule has 1 amide bonds. The van der Waals surface area contributed by atoms with Crippen molar-refractivity contribution in [1.82, 2.24) is 10.2 Å². The Labute approximate surface area is 203 Å². The van der Waals surface area contributed by atoms with Gasteiger partial charge < -0.3 is 20.9 Å². The van der Waals surface area contributed by atoms with Gasteiger partial charge in [-0.3, -0.25) is 9.79 Å². The second kappa shape index (κ2) is 21.3. The Morgan fingerprint density at radius 3 is 2.27 bits per heavy atom. The first kappa shape index (κ1) is 32.6. The van der Waals surface area contributed by atoms with Crippen LogP contribution in [0.25, 0.3) is 0 Å². The van der Waals surface area contributed by atoms with Crippen LogP contribution in [0.2, 0.25) is 0 Å². The minimum absolute atomic E-state index is 0.0111. The van der Waals surface area contributed by atoms with E-state index in [0.717, 1.165) is 38.3 Å². The van der Waals surface area contributed by atoms with E-state index in [2.05, 4.69) is 91.0 Å². The molecule has 33 heavy (non-hydrogen) atoms. The van der Waals surface area contributed by atoms with Gasteiger partial charge in [0.15, 0.2) is 0 Å². The van der Waals surface area contributed by atoms with Gasteiger partial charge in [-0.1, -0.05) is 33.8 Å². The standard InChI is InChI=1S/C13H23N3.C12H22N2O.C2H4/c1-4-16(5-2)10-9-15-13-8-6-7-12(11-13)14-3;1-9(2)8-11(4)14-12(15)10(3)6-7-13-5;1-2/h6-8,11,14-15H,4-5,9-10H2,1-3H3;6-7,9,11H,8H2,1-5H3,(H,14,15);1-2H2/b;10-6+,13-7?;. The average molecular weight is 460 g/mol. The average Bonchev–Trinajstić information content (AvgIpc) is 2.81. The molecule has 0 aliphatic carbocycles. The summed E-state index contributed by atoms with van der Waals surface area (Å²) < 4.78 is 0. The number of hydrogen-bond acceptors (Lipinski definition) is 5. The number of aliphatic imine (C=N–C) groups is 1. The first-order chi connectivity index (χ1) is 15.8. The van der Waals surface area contributed by atoms with Crippen LogP contribution >= 0.6 is 0 Å². The minimum atomic E-state index is -0.0111. The third kappa shape index (κ3) is 17.6. The maximum Gasteiger partial charge on any atom is 0.247 e. The molecule has 1 aromatic rings. The van der Waals surface area contributed by atoms with Crippen LogP contribution in [0.1, 0.15) is 48.0 Å². The predicted octanol–water partition coefficient (Wildman–Crippen LogP) is 5.47. The number of carbonyl (C=O) groups excluding carboxylic acids is 1. The molecular weight excluding hydrogens is 410 g/mol. The van der Waals surface area contributed by atoms with E-state index in [4.69, 9.17) is 0 Å². The monoisotopic (exact) mass is 459 g/mol. The Hall–Kier alpha value is -2.60. The third-order valence-electron chi connectivity index (χ3n) is 4.84. The Morgan fingerprint density at radius 2 is 1.76 bits per heavy atom. The molecule has 0 fully saturated rings. The van der Waals surface area contributed by atoms with Gasteiger partial charge in [-0.25, -0.2) is 0 Å². The number of amides is 1. The predicted molar refractivity (Wildman–Crippen MR) is 149 cm³/mol. The highest BCUT2D eigenvalue weighted by Gasteiger charge is 2.09. The van der Waals surface area contributed by atoms with E-state index in [0.29, 0.717) is 11.5 Å². The first-order valence-electron chi connectivity index (χ1n) is 11.9. The van der Waals surface area contributed by atoms with Crippen LogP contribution in [0.15, 0.2) is 54.1 Å². The van der Waals surface area contributed by atoms with Crippen molar-refractivity contribution in [2.75, 3.05) is 50.9 Å². The fraction of sp³-hybridized carbons (Fsp3) is 0.556. The molecule has 1 unspecified atom stereocenters. The molecule has 0 bridgehead atoms. The van der Waals surface area contributed by atoms with E-state index in [1.165, 1.54) is 5.69 Å². The van der Waals surface area contributed by atoms with Crippen LogP contribution in [-0.4, -0.2) is 63.3 Å². The zero-order valence-electron chi connectivity index (χ0n) is 22.4. The van der Waals surface area contributed by atoms with E-state index in [9.17, 15) is 4.79 Å². The summed E-state index contributed by atoms with van der Waals surface area (Å²) in [5, 5.41) is 9.53. The number of allylic oxidation sites excluding steroid dienone is 1. The summed E-state index contributed by atoms with van der Waals surface area (Å²) in [7, 11) is 3.62. The highest BCUT2D eigenvalue weighted by Crippen LogP contribution is 2.13. The van der Waals surface area contributed by atoms with Gasteiger partial charge in [-0.05, 0) is 63.6 Å². The lowest BCUT2D eigenvalue weighted by Gasteiger charge is -2.18. The summed E-state index contributed by atoms with van der Waals surface area (Å²) in [5.41, 5.74) is 3.02. The van der Waals surface area contributed by atoms with Gasteiger partial charge in [0.05, 0.1) is 0 Å². The largest absolute Gasteiger partial charge is 0.388 e. The van der Waals surface area contributed by atoms with E-state index in [1.54, 1.807) is 26.3 Å². The fourth-order valence-electron chi connectivity index (χ4n) is 3.05. The van der Waals surface area contributed by atoms with Crippen LogP contribution in [0.4, 0.5) is 11.4 Å². The van der Waals surface area contributed by atoms with Crippen molar-refractivity contribution in [1.29, 1.82) is 0 Å². The molecule has 0 aromatic heterocycles. The molecule has 0 radical (unpaired) electrons. The maximum atomic E-state index is 11.6. The van der Waals surface area contributed by atoms with Gasteiger partial charge in [0.1, 0.15) is 0 Å². The number of carbonyl (C=O) groups is 1. The zero-order valence-corrected chi connectivity index (χ0v) is 22.4. The number of anilines is 2. The quantitative estimate of drug-likeness (QED) is 0.220. The topological polar surface area (TPSA) is 68.8 Å². The summed E-state index contributed by atoms with van der Waals surface area (Å²) in [6.45, 7) is 22.8. The number of hydrogen-bond donors (Lipinski definition) is 3. The lowest BCUT2D eigenvalue weighted by molar-refractivity contribution is -0.118. The van der Waals surface area contributed by atoms with Crippen LogP contribution in [-0.2, 0) is 4.79 Å². The van der Waals surface area contributed by atoms with Crippen molar-refractivity contribution < 1.29 is 4.79 Å². The normalized spacial score (nSPS) is 11.9. The SMILES string of the molecule is C=C.CCN(CC)CCNc1cccc(NC)c1.CN=C/C=C(\C)C(=O)NC(C)CC(C)C. The Morgan fingerprint density at radius 1 is 1.15 bits per heavy atom. The van der Waals surface area contributed by atoms with Gasteiger partial charge in [0, 0.05) is 56.4 Å². The molecule has 3 N–H and O–H groups in total. The molecule has 6 nitrogen and oxygen atoms in total. The summed E-state index contributed by atoms with van der Waals surface area (Å²) in [6, 6.07) is 8.58. The van der Waals surface area contributed by atoms with E-state index >= 15 is 0 Å². The number of likely N-dealkylation sites (N-methyl/N-ethyl adjacent to an activating group) is 1. The number of rotatable bonds is 12. The number of benzene rings is 1. The van der Waals surface area contributed by atoms with E-state index in [-0.39, 0.29) is 11.9 Å². The second-order valence-electron chi connectivity index (χ2n) is 8.05. The fourth-order valence-corrected chi connectivity index (χ4v) is 3.05. The molecular formula is C27H49N5O. The van der Waals surface area contributed by atoms with Crippen molar-refractivity contribution in [3.63, 3.8) is 0 Å². The molecule has 188 valence electrons. The van der Waals surface area contributed by atoms with Crippen LogP contribution < -0.4 is 16.0 Å². The van der Waals surface area contributed by atoms with Crippen molar-refractivity contribution in [3.05, 3.63) is 49.1 Å². The summed E-state index contributed by atoms with van der Waals surface area (Å²) >= 11 is 0. The van der Waals surface area contributed by atoms with Gasteiger partial charge >= 0.3 is 0 Å². The van der Waals surface area contributed by atoms with E-state index < -0.39 is 0 Å². The minimum Gasteiger partial charge on any atom is -0.388 e. The summed E-state index contributed by atoms with van der Waals surface area (Å²) in [4.78, 5) is 17.8. The highest BCUT2D eigenvalue weighted by atomic mass is 16.1. The van der Waals surface area contributed by atoms with Gasteiger partial charge in [-0.2, -0.15) is 0 Å². The van der Waals surface area contributed by atoms with E-state index in [1.807, 2.05) is 14.0 Å². The summed E-state index contributed by atoms with van der Waals surface area (Å²) in [5.74, 6) is 0.588. The van der Waals surface area contributed by atoms with Crippen molar-refractivity contribution in [2.24, 2.45) is 10.9 Å². The number of nitrogens with one attached hydrogen (secondary N) is 3. The molecule has 0 saturated heterocycles. The van der Waals surface area contributed by atoms with Crippen LogP contribution in [0.3, 0.4) is 0 Å². The smallest absolute Gasteiger partial charge is 0.247 e. The lowest BCUT2D eigenvalue weighted by atomic mass is 10.1. The lowest BCUT2D eigenvalue weighted by Crippen LogP contribution is -2.34. The molecule has 1 rings (SSSR count). The van der Waals surface area contributed by atoms with Gasteiger partial charge in [-0.15, -0.1) is 13.2 Å². The van der Waals surface area contributed by atoms with Crippen molar-refractivity contribution >= 4 is 23.5 Å². The Kier molecular flexibility index (Phi) is 21.0. The highest BCUT2D eigenvalue weighted by molar-refractivity contribution is 5.96. The summed E-state index contributed by atoms with van der Waals surface area (Å²) in [6.07, 6.45) is 4.35. The molecule has 6 heteroatoms. The molecule has 0 spiro atoms. The van der Waals surface area contributed by atoms with Crippen molar-refractivity contribution in [3.8, 4) is 0 Å². The molecule has 1 atom stereocenters. The maximum absolute atomic E-state index is 11.6. The third-order valence-corrected chi connectivity index (χ3v) is 4.84. The van der Waals surface area contributed by atoms with Gasteiger partial charge in [0.2, 0.25) is 5.91 Å². The van der Waals surface area contributed by atoms with Crippen LogP contribution in [0.5, 0.6) is 0 Å². The molecule has 0 saturated carbocycles. The number of nitrogens with zero attached hydrogens (tertiary/aromatic N) is 2. The molecule has 1 aromatic carbocycles. The van der Waals surface area contributed by atoms with Gasteiger partial charge in [0.25, 0.3) is 0 Å². The molecule has 0 aliphatic heterocycles. The zero-order chi connectivity index (χ0) is 25.6. The van der Waals surface area contributed by atoms with Crippen molar-refractivity contribution in [2.45, 2.75) is 54.0 Å².